The minimum atomic E-state index is -0.107. The quantitative estimate of drug-likeness (QED) is 0.613. The van der Waals surface area contributed by atoms with E-state index in [-0.39, 0.29) is 11.7 Å². The SMILES string of the molecule is O=C(CSc1n[nH]c(C2CC2)n1)Nc1cccc(Oc2ccccc2)c1. The molecule has 1 aliphatic carbocycles. The number of nitrogens with one attached hydrogen (secondary N) is 2. The van der Waals surface area contributed by atoms with E-state index in [1.165, 1.54) is 24.6 Å². The van der Waals surface area contributed by atoms with E-state index in [2.05, 4.69) is 20.5 Å². The van der Waals surface area contributed by atoms with Crippen molar-refractivity contribution in [2.24, 2.45) is 0 Å². The first-order valence-electron chi connectivity index (χ1n) is 8.44. The Morgan fingerprint density at radius 2 is 1.96 bits per heavy atom. The van der Waals surface area contributed by atoms with E-state index in [0.717, 1.165) is 11.6 Å². The molecule has 1 saturated carbocycles. The van der Waals surface area contributed by atoms with Gasteiger partial charge in [0.2, 0.25) is 11.1 Å². The molecule has 3 aromatic rings. The second-order valence-electron chi connectivity index (χ2n) is 6.06. The van der Waals surface area contributed by atoms with Crippen molar-refractivity contribution in [2.45, 2.75) is 23.9 Å². The molecule has 2 aromatic carbocycles. The zero-order chi connectivity index (χ0) is 17.8. The highest BCUT2D eigenvalue weighted by Crippen LogP contribution is 2.38. The van der Waals surface area contributed by atoms with E-state index in [9.17, 15) is 4.79 Å². The van der Waals surface area contributed by atoms with Gasteiger partial charge in [0.25, 0.3) is 0 Å². The highest BCUT2D eigenvalue weighted by Gasteiger charge is 2.27. The third kappa shape index (κ3) is 4.43. The second-order valence-corrected chi connectivity index (χ2v) is 7.00. The van der Waals surface area contributed by atoms with Crippen LogP contribution in [-0.4, -0.2) is 26.8 Å². The molecule has 0 radical (unpaired) electrons. The van der Waals surface area contributed by atoms with Crippen LogP contribution in [0.15, 0.2) is 59.8 Å². The summed E-state index contributed by atoms with van der Waals surface area (Å²) in [6.07, 6.45) is 2.34. The Morgan fingerprint density at radius 3 is 2.77 bits per heavy atom. The van der Waals surface area contributed by atoms with Gasteiger partial charge in [0.1, 0.15) is 17.3 Å². The first kappa shape index (κ1) is 16.7. The van der Waals surface area contributed by atoms with Crippen molar-refractivity contribution in [3.8, 4) is 11.5 Å². The maximum atomic E-state index is 12.2. The monoisotopic (exact) mass is 366 g/mol. The van der Waals surface area contributed by atoms with Crippen LogP contribution >= 0.6 is 11.8 Å². The molecule has 132 valence electrons. The van der Waals surface area contributed by atoms with Gasteiger partial charge in [-0.25, -0.2) is 4.98 Å². The summed E-state index contributed by atoms with van der Waals surface area (Å²) >= 11 is 1.32. The lowest BCUT2D eigenvalue weighted by Crippen LogP contribution is -2.14. The van der Waals surface area contributed by atoms with Gasteiger partial charge in [-0.2, -0.15) is 0 Å². The van der Waals surface area contributed by atoms with E-state index in [4.69, 9.17) is 4.74 Å². The first-order chi connectivity index (χ1) is 12.8. The number of carbonyl (C=O) groups excluding carboxylic acids is 1. The van der Waals surface area contributed by atoms with Crippen LogP contribution in [-0.2, 0) is 4.79 Å². The number of anilines is 1. The summed E-state index contributed by atoms with van der Waals surface area (Å²) in [6, 6.07) is 16.9. The number of amides is 1. The van der Waals surface area contributed by atoms with E-state index in [0.29, 0.717) is 22.5 Å². The smallest absolute Gasteiger partial charge is 0.234 e. The van der Waals surface area contributed by atoms with Crippen molar-refractivity contribution >= 4 is 23.4 Å². The molecule has 7 heteroatoms. The van der Waals surface area contributed by atoms with Gasteiger partial charge in [0, 0.05) is 17.7 Å². The van der Waals surface area contributed by atoms with Gasteiger partial charge < -0.3 is 10.1 Å². The average molecular weight is 366 g/mol. The summed E-state index contributed by atoms with van der Waals surface area (Å²) in [4.78, 5) is 16.6. The van der Waals surface area contributed by atoms with Crippen LogP contribution in [0, 0.1) is 0 Å². The fourth-order valence-corrected chi connectivity index (χ4v) is 3.06. The Hall–Kier alpha value is -2.80. The molecular formula is C19H18N4O2S. The Morgan fingerprint density at radius 1 is 1.15 bits per heavy atom. The maximum Gasteiger partial charge on any atom is 0.234 e. The Labute approximate surface area is 155 Å². The first-order valence-corrected chi connectivity index (χ1v) is 9.43. The molecular weight excluding hydrogens is 348 g/mol. The second kappa shape index (κ2) is 7.61. The number of rotatable bonds is 7. The minimum absolute atomic E-state index is 0.107. The number of ether oxygens (including phenoxy) is 1. The van der Waals surface area contributed by atoms with Crippen LogP contribution in [0.3, 0.4) is 0 Å². The fraction of sp³-hybridized carbons (Fsp3) is 0.211. The van der Waals surface area contributed by atoms with Gasteiger partial charge in [0.05, 0.1) is 5.75 Å². The largest absolute Gasteiger partial charge is 0.457 e. The summed E-state index contributed by atoms with van der Waals surface area (Å²) < 4.78 is 5.78. The molecule has 0 spiro atoms. The number of benzene rings is 2. The fourth-order valence-electron chi connectivity index (χ4n) is 2.45. The molecule has 26 heavy (non-hydrogen) atoms. The summed E-state index contributed by atoms with van der Waals surface area (Å²) in [5.41, 5.74) is 0.692. The molecule has 0 atom stereocenters. The number of hydrogen-bond acceptors (Lipinski definition) is 5. The topological polar surface area (TPSA) is 79.9 Å². The van der Waals surface area contributed by atoms with Gasteiger partial charge in [-0.1, -0.05) is 36.0 Å². The third-order valence-corrected chi connectivity index (χ3v) is 4.72. The minimum Gasteiger partial charge on any atom is -0.457 e. The predicted molar refractivity (Wildman–Crippen MR) is 101 cm³/mol. The van der Waals surface area contributed by atoms with Crippen LogP contribution in [0.4, 0.5) is 5.69 Å². The Balaban J connectivity index is 1.31. The van der Waals surface area contributed by atoms with E-state index >= 15 is 0 Å². The number of nitrogens with zero attached hydrogens (tertiary/aromatic N) is 2. The molecule has 0 aliphatic heterocycles. The number of aromatic nitrogens is 3. The van der Waals surface area contributed by atoms with Crippen molar-refractivity contribution in [3.05, 3.63) is 60.4 Å². The van der Waals surface area contributed by atoms with Crippen molar-refractivity contribution in [2.75, 3.05) is 11.1 Å². The van der Waals surface area contributed by atoms with Crippen LogP contribution in [0.1, 0.15) is 24.6 Å². The average Bonchev–Trinajstić information content (AvgIpc) is 3.39. The van der Waals surface area contributed by atoms with Gasteiger partial charge in [-0.3, -0.25) is 9.89 Å². The molecule has 1 heterocycles. The van der Waals surface area contributed by atoms with Gasteiger partial charge in [0.15, 0.2) is 0 Å². The van der Waals surface area contributed by atoms with Gasteiger partial charge in [-0.05, 0) is 37.1 Å². The number of hydrogen-bond donors (Lipinski definition) is 2. The summed E-state index contributed by atoms with van der Waals surface area (Å²) in [7, 11) is 0. The maximum absolute atomic E-state index is 12.2. The molecule has 1 aromatic heterocycles. The summed E-state index contributed by atoms with van der Waals surface area (Å²) in [5, 5.41) is 10.6. The molecule has 1 fully saturated rings. The van der Waals surface area contributed by atoms with Crippen LogP contribution in [0.5, 0.6) is 11.5 Å². The molecule has 0 bridgehead atoms. The van der Waals surface area contributed by atoms with Crippen molar-refractivity contribution < 1.29 is 9.53 Å². The van der Waals surface area contributed by atoms with Crippen molar-refractivity contribution in [1.82, 2.24) is 15.2 Å². The highest BCUT2D eigenvalue weighted by molar-refractivity contribution is 7.99. The van der Waals surface area contributed by atoms with Gasteiger partial charge >= 0.3 is 0 Å². The van der Waals surface area contributed by atoms with E-state index in [1.54, 1.807) is 6.07 Å². The molecule has 0 saturated heterocycles. The standard InChI is InChI=1S/C19H18N4O2S/c24-17(12-26-19-21-18(22-23-19)13-9-10-13)20-14-5-4-8-16(11-14)25-15-6-2-1-3-7-15/h1-8,11,13H,9-10,12H2,(H,20,24)(H,21,22,23). The zero-order valence-electron chi connectivity index (χ0n) is 14.0. The van der Waals surface area contributed by atoms with E-state index in [1.807, 2.05) is 48.5 Å². The third-order valence-electron chi connectivity index (χ3n) is 3.88. The van der Waals surface area contributed by atoms with Gasteiger partial charge in [-0.15, -0.1) is 5.10 Å². The molecule has 4 rings (SSSR count). The number of H-pyrrole nitrogens is 1. The van der Waals surface area contributed by atoms with Crippen LogP contribution < -0.4 is 10.1 Å². The molecule has 6 nitrogen and oxygen atoms in total. The molecule has 1 aliphatic rings. The lowest BCUT2D eigenvalue weighted by atomic mass is 10.3. The van der Waals surface area contributed by atoms with Crippen molar-refractivity contribution in [3.63, 3.8) is 0 Å². The molecule has 2 N–H and O–H groups in total. The van der Waals surface area contributed by atoms with Crippen LogP contribution in [0.2, 0.25) is 0 Å². The number of thioether (sulfide) groups is 1. The number of aromatic amines is 1. The molecule has 0 unspecified atom stereocenters. The highest BCUT2D eigenvalue weighted by atomic mass is 32.2. The summed E-state index contributed by atoms with van der Waals surface area (Å²) in [6.45, 7) is 0. The van der Waals surface area contributed by atoms with Crippen LogP contribution in [0.25, 0.3) is 0 Å². The zero-order valence-corrected chi connectivity index (χ0v) is 14.8. The van der Waals surface area contributed by atoms with Crippen molar-refractivity contribution in [1.29, 1.82) is 0 Å². The lowest BCUT2D eigenvalue weighted by Gasteiger charge is -2.08. The summed E-state index contributed by atoms with van der Waals surface area (Å²) in [5.74, 6) is 3.03. The predicted octanol–water partition coefficient (Wildman–Crippen LogP) is 4.21. The Bertz CT molecular complexity index is 893. The molecule has 1 amide bonds. The number of carbonyl (C=O) groups is 1. The number of para-hydroxylation sites is 1. The Kier molecular flexibility index (Phi) is 4.88. The van der Waals surface area contributed by atoms with E-state index < -0.39 is 0 Å². The normalized spacial score (nSPS) is 13.4. The lowest BCUT2D eigenvalue weighted by molar-refractivity contribution is -0.113.